The fourth-order valence-electron chi connectivity index (χ4n) is 3.64. The molecule has 25 heavy (non-hydrogen) atoms. The van der Waals surface area contributed by atoms with Gasteiger partial charge in [0.1, 0.15) is 4.34 Å². The number of methoxy groups -OCH3 is 1. The fourth-order valence-corrected chi connectivity index (χ4v) is 5.93. The summed E-state index contributed by atoms with van der Waals surface area (Å²) in [4.78, 5) is 19.4. The molecule has 1 saturated heterocycles. The minimum Gasteiger partial charge on any atom is -0.383 e. The van der Waals surface area contributed by atoms with Crippen molar-refractivity contribution in [3.05, 3.63) is 11.1 Å². The first-order chi connectivity index (χ1) is 12.1. The van der Waals surface area contributed by atoms with Gasteiger partial charge in [0.15, 0.2) is 0 Å². The topological polar surface area (TPSA) is 54.5 Å². The highest BCUT2D eigenvalue weighted by Crippen LogP contribution is 2.35. The second kappa shape index (κ2) is 9.35. The third-order valence-corrected chi connectivity index (χ3v) is 7.57. The molecule has 1 aliphatic heterocycles. The highest BCUT2D eigenvalue weighted by Gasteiger charge is 2.30. The van der Waals surface area contributed by atoms with Gasteiger partial charge in [-0.25, -0.2) is 4.98 Å². The van der Waals surface area contributed by atoms with Crippen molar-refractivity contribution in [3.8, 4) is 0 Å². The number of nitrogens with one attached hydrogen (secondary N) is 1. The lowest BCUT2D eigenvalue weighted by Gasteiger charge is -2.29. The standard InChI is InChI=1S/C18H29N3O2S2/c1-13-12-24-18(19-13)25-16-5-3-15(4-6-16)20-17(22)14-7-8-21(11-14)9-10-23-2/h12,14-16H,3-11H2,1-2H3,(H,20,22). The van der Waals surface area contributed by atoms with E-state index in [2.05, 4.69) is 20.6 Å². The maximum atomic E-state index is 12.5. The van der Waals surface area contributed by atoms with Crippen molar-refractivity contribution in [1.29, 1.82) is 0 Å². The van der Waals surface area contributed by atoms with Crippen LogP contribution in [0.1, 0.15) is 37.8 Å². The average molecular weight is 384 g/mol. The Morgan fingerprint density at radius 3 is 2.88 bits per heavy atom. The Hall–Kier alpha value is -0.630. The van der Waals surface area contributed by atoms with Crippen molar-refractivity contribution < 1.29 is 9.53 Å². The van der Waals surface area contributed by atoms with Crippen LogP contribution in [0.15, 0.2) is 9.72 Å². The zero-order chi connectivity index (χ0) is 17.6. The third kappa shape index (κ3) is 5.67. The molecule has 0 spiro atoms. The van der Waals surface area contributed by atoms with Crippen molar-refractivity contribution in [2.24, 2.45) is 5.92 Å². The lowest BCUT2D eigenvalue weighted by Crippen LogP contribution is -2.42. The van der Waals surface area contributed by atoms with Crippen LogP contribution >= 0.6 is 23.1 Å². The largest absolute Gasteiger partial charge is 0.383 e. The van der Waals surface area contributed by atoms with Crippen molar-refractivity contribution in [1.82, 2.24) is 15.2 Å². The van der Waals surface area contributed by atoms with E-state index in [4.69, 9.17) is 4.74 Å². The molecule has 1 unspecified atom stereocenters. The number of aryl methyl sites for hydroxylation is 1. The van der Waals surface area contributed by atoms with Crippen LogP contribution in [0.25, 0.3) is 0 Å². The number of hydrogen-bond donors (Lipinski definition) is 1. The Morgan fingerprint density at radius 2 is 2.20 bits per heavy atom. The Morgan fingerprint density at radius 1 is 1.40 bits per heavy atom. The molecule has 1 aliphatic carbocycles. The van der Waals surface area contributed by atoms with E-state index in [1.807, 2.05) is 18.7 Å². The van der Waals surface area contributed by atoms with Crippen LogP contribution in [-0.4, -0.2) is 60.4 Å². The number of ether oxygens (including phenoxy) is 1. The molecule has 3 rings (SSSR count). The van der Waals surface area contributed by atoms with Gasteiger partial charge in [-0.1, -0.05) is 11.8 Å². The summed E-state index contributed by atoms with van der Waals surface area (Å²) in [6, 6.07) is 0.357. The van der Waals surface area contributed by atoms with Gasteiger partial charge in [0, 0.05) is 42.6 Å². The van der Waals surface area contributed by atoms with Crippen LogP contribution in [0.2, 0.25) is 0 Å². The first-order valence-corrected chi connectivity index (χ1v) is 11.0. The number of thiazole rings is 1. The van der Waals surface area contributed by atoms with Gasteiger partial charge in [0.2, 0.25) is 5.91 Å². The van der Waals surface area contributed by atoms with E-state index in [1.165, 1.54) is 17.2 Å². The van der Waals surface area contributed by atoms with Gasteiger partial charge in [-0.05, 0) is 45.6 Å². The number of thioether (sulfide) groups is 1. The summed E-state index contributed by atoms with van der Waals surface area (Å²) in [6.07, 6.45) is 5.49. The molecule has 1 N–H and O–H groups in total. The van der Waals surface area contributed by atoms with E-state index in [9.17, 15) is 4.79 Å². The van der Waals surface area contributed by atoms with Crippen LogP contribution in [0.5, 0.6) is 0 Å². The van der Waals surface area contributed by atoms with E-state index >= 15 is 0 Å². The number of nitrogens with zero attached hydrogens (tertiary/aromatic N) is 2. The summed E-state index contributed by atoms with van der Waals surface area (Å²) in [5.41, 5.74) is 1.12. The molecule has 1 amide bonds. The number of rotatable bonds is 7. The number of carbonyl (C=O) groups excluding carboxylic acids is 1. The first kappa shape index (κ1) is 19.1. The number of carbonyl (C=O) groups is 1. The summed E-state index contributed by atoms with van der Waals surface area (Å²) in [5, 5.41) is 6.07. The maximum Gasteiger partial charge on any atom is 0.224 e. The molecular weight excluding hydrogens is 354 g/mol. The minimum atomic E-state index is 0.155. The van der Waals surface area contributed by atoms with Crippen molar-refractivity contribution in [3.63, 3.8) is 0 Å². The summed E-state index contributed by atoms with van der Waals surface area (Å²) in [7, 11) is 1.73. The lowest BCUT2D eigenvalue weighted by molar-refractivity contribution is -0.125. The minimum absolute atomic E-state index is 0.155. The van der Waals surface area contributed by atoms with E-state index in [-0.39, 0.29) is 11.8 Å². The summed E-state index contributed by atoms with van der Waals surface area (Å²) < 4.78 is 6.31. The number of hydrogen-bond acceptors (Lipinski definition) is 6. The fraction of sp³-hybridized carbons (Fsp3) is 0.778. The first-order valence-electron chi connectivity index (χ1n) is 9.24. The van der Waals surface area contributed by atoms with Gasteiger partial charge in [-0.2, -0.15) is 0 Å². The van der Waals surface area contributed by atoms with Gasteiger partial charge in [-0.3, -0.25) is 4.79 Å². The van der Waals surface area contributed by atoms with E-state index < -0.39 is 0 Å². The van der Waals surface area contributed by atoms with E-state index in [0.717, 1.165) is 51.2 Å². The van der Waals surface area contributed by atoms with E-state index in [1.54, 1.807) is 18.4 Å². The van der Waals surface area contributed by atoms with E-state index in [0.29, 0.717) is 11.3 Å². The lowest BCUT2D eigenvalue weighted by atomic mass is 9.94. The molecule has 0 radical (unpaired) electrons. The molecule has 2 heterocycles. The maximum absolute atomic E-state index is 12.5. The third-order valence-electron chi connectivity index (χ3n) is 5.14. The van der Waals surface area contributed by atoms with Gasteiger partial charge in [-0.15, -0.1) is 11.3 Å². The van der Waals surface area contributed by atoms with Crippen LogP contribution in [0, 0.1) is 12.8 Å². The number of amides is 1. The zero-order valence-electron chi connectivity index (χ0n) is 15.2. The SMILES string of the molecule is COCCN1CCC(C(=O)NC2CCC(Sc3nc(C)cs3)CC2)C1. The van der Waals surface area contributed by atoms with Crippen LogP contribution in [0.4, 0.5) is 0 Å². The van der Waals surface area contributed by atoms with Crippen molar-refractivity contribution in [2.45, 2.75) is 54.7 Å². The molecule has 2 fully saturated rings. The van der Waals surface area contributed by atoms with Crippen LogP contribution in [-0.2, 0) is 9.53 Å². The molecule has 1 aromatic rings. The number of likely N-dealkylation sites (tertiary alicyclic amines) is 1. The predicted molar refractivity (Wildman–Crippen MR) is 103 cm³/mol. The van der Waals surface area contributed by atoms with Crippen molar-refractivity contribution >= 4 is 29.0 Å². The predicted octanol–water partition coefficient (Wildman–Crippen LogP) is 2.94. The molecule has 1 atom stereocenters. The molecule has 1 aromatic heterocycles. The Balaban J connectivity index is 1.36. The number of aromatic nitrogens is 1. The molecule has 0 aromatic carbocycles. The van der Waals surface area contributed by atoms with Crippen LogP contribution in [0.3, 0.4) is 0 Å². The quantitative estimate of drug-likeness (QED) is 0.785. The Bertz CT molecular complexity index is 558. The van der Waals surface area contributed by atoms with Crippen LogP contribution < -0.4 is 5.32 Å². The Labute approximate surface area is 158 Å². The monoisotopic (exact) mass is 383 g/mol. The molecule has 140 valence electrons. The van der Waals surface area contributed by atoms with Crippen molar-refractivity contribution in [2.75, 3.05) is 33.4 Å². The second-order valence-electron chi connectivity index (χ2n) is 7.13. The summed E-state index contributed by atoms with van der Waals surface area (Å²) >= 11 is 3.66. The highest BCUT2D eigenvalue weighted by molar-refractivity contribution is 8.01. The second-order valence-corrected chi connectivity index (χ2v) is 9.54. The summed E-state index contributed by atoms with van der Waals surface area (Å²) in [5.74, 6) is 0.411. The molecule has 1 saturated carbocycles. The van der Waals surface area contributed by atoms with Gasteiger partial charge >= 0.3 is 0 Å². The smallest absolute Gasteiger partial charge is 0.224 e. The normalized spacial score (nSPS) is 27.5. The molecule has 5 nitrogen and oxygen atoms in total. The average Bonchev–Trinajstić information content (AvgIpc) is 3.24. The highest BCUT2D eigenvalue weighted by atomic mass is 32.2. The molecule has 0 bridgehead atoms. The molecule has 2 aliphatic rings. The Kier molecular flexibility index (Phi) is 7.16. The molecular formula is C18H29N3O2S2. The van der Waals surface area contributed by atoms with Gasteiger partial charge < -0.3 is 15.0 Å². The van der Waals surface area contributed by atoms with Gasteiger partial charge in [0.25, 0.3) is 0 Å². The zero-order valence-corrected chi connectivity index (χ0v) is 16.8. The molecule has 7 heteroatoms. The summed E-state index contributed by atoms with van der Waals surface area (Å²) in [6.45, 7) is 5.61. The van der Waals surface area contributed by atoms with Gasteiger partial charge in [0.05, 0.1) is 12.5 Å².